The number of carbonyl (C=O) groups is 1. The molecule has 0 N–H and O–H groups in total. The Morgan fingerprint density at radius 2 is 1.90 bits per heavy atom. The normalized spacial score (nSPS) is 17.7. The molecule has 1 fully saturated rings. The molecule has 0 aromatic heterocycles. The van der Waals surface area contributed by atoms with E-state index in [1.165, 1.54) is 23.1 Å². The fourth-order valence-corrected chi connectivity index (χ4v) is 2.98. The lowest BCUT2D eigenvalue weighted by atomic mass is 10.1. The summed E-state index contributed by atoms with van der Waals surface area (Å²) in [6.45, 7) is 3.86. The summed E-state index contributed by atoms with van der Waals surface area (Å²) in [6, 6.07) is 4.61. The van der Waals surface area contributed by atoms with E-state index in [1.54, 1.807) is 6.08 Å². The third-order valence-electron chi connectivity index (χ3n) is 2.72. The van der Waals surface area contributed by atoms with E-state index >= 15 is 0 Å². The van der Waals surface area contributed by atoms with Gasteiger partial charge in [0.1, 0.15) is 4.32 Å². The van der Waals surface area contributed by atoms with Gasteiger partial charge in [0.2, 0.25) is 0 Å². The highest BCUT2D eigenvalue weighted by molar-refractivity contribution is 8.26. The van der Waals surface area contributed by atoms with Gasteiger partial charge in [-0.15, -0.1) is 6.58 Å². The molecule has 21 heavy (non-hydrogen) atoms. The average molecular weight is 329 g/mol. The van der Waals surface area contributed by atoms with Crippen LogP contribution in [-0.2, 0) is 11.0 Å². The summed E-state index contributed by atoms with van der Waals surface area (Å²) < 4.78 is 37.8. The van der Waals surface area contributed by atoms with Gasteiger partial charge in [0, 0.05) is 6.54 Å². The molecule has 0 unspecified atom stereocenters. The van der Waals surface area contributed by atoms with Crippen LogP contribution in [-0.4, -0.2) is 21.7 Å². The van der Waals surface area contributed by atoms with Gasteiger partial charge in [-0.3, -0.25) is 9.69 Å². The van der Waals surface area contributed by atoms with E-state index < -0.39 is 11.7 Å². The van der Waals surface area contributed by atoms with E-state index in [0.717, 1.165) is 23.9 Å². The van der Waals surface area contributed by atoms with Gasteiger partial charge in [-0.25, -0.2) is 0 Å². The maximum atomic E-state index is 12.5. The van der Waals surface area contributed by atoms with E-state index in [4.69, 9.17) is 12.2 Å². The smallest absolute Gasteiger partial charge is 0.289 e. The quantitative estimate of drug-likeness (QED) is 0.473. The number of benzene rings is 1. The van der Waals surface area contributed by atoms with Crippen LogP contribution in [0.3, 0.4) is 0 Å². The fraction of sp³-hybridized carbons (Fsp3) is 0.143. The van der Waals surface area contributed by atoms with E-state index in [1.807, 2.05) is 0 Å². The molecule has 1 aromatic carbocycles. The number of thiocarbonyl (C=S) groups is 1. The molecule has 0 aliphatic carbocycles. The number of amides is 1. The standard InChI is InChI=1S/C14H10F3NOS2/c1-2-7-18-12(19)11(21-13(18)20)8-9-3-5-10(6-4-9)14(15,16)17/h2-6,8H,1,7H2/b11-8+. The summed E-state index contributed by atoms with van der Waals surface area (Å²) in [5.74, 6) is -0.259. The van der Waals surface area contributed by atoms with Crippen molar-refractivity contribution >= 4 is 40.3 Å². The third-order valence-corrected chi connectivity index (χ3v) is 4.10. The molecule has 0 radical (unpaired) electrons. The largest absolute Gasteiger partial charge is 0.416 e. The Balaban J connectivity index is 2.23. The third kappa shape index (κ3) is 3.54. The van der Waals surface area contributed by atoms with Crippen LogP contribution in [0.5, 0.6) is 0 Å². The van der Waals surface area contributed by atoms with E-state index in [-0.39, 0.29) is 5.91 Å². The number of rotatable bonds is 3. The molecule has 2 rings (SSSR count). The van der Waals surface area contributed by atoms with E-state index in [0.29, 0.717) is 21.3 Å². The number of hydrogen-bond acceptors (Lipinski definition) is 3. The van der Waals surface area contributed by atoms with Crippen LogP contribution in [0.15, 0.2) is 41.8 Å². The van der Waals surface area contributed by atoms with Crippen molar-refractivity contribution in [1.82, 2.24) is 4.90 Å². The number of alkyl halides is 3. The molecular formula is C14H10F3NOS2. The highest BCUT2D eigenvalue weighted by atomic mass is 32.2. The first-order valence-electron chi connectivity index (χ1n) is 5.86. The SMILES string of the molecule is C=CCN1C(=O)/C(=C\c2ccc(C(F)(F)F)cc2)SC1=S. The summed E-state index contributed by atoms with van der Waals surface area (Å²) >= 11 is 6.20. The summed E-state index contributed by atoms with van der Waals surface area (Å²) in [5, 5.41) is 0. The van der Waals surface area contributed by atoms with Gasteiger partial charge in [-0.05, 0) is 23.8 Å². The van der Waals surface area contributed by atoms with Gasteiger partial charge >= 0.3 is 6.18 Å². The molecule has 0 spiro atoms. The second-order valence-corrected chi connectivity index (χ2v) is 5.88. The van der Waals surface area contributed by atoms with Crippen molar-refractivity contribution in [2.75, 3.05) is 6.54 Å². The minimum Gasteiger partial charge on any atom is -0.289 e. The molecule has 2 nitrogen and oxygen atoms in total. The molecule has 1 aliphatic rings. The molecular weight excluding hydrogens is 319 g/mol. The Bertz CT molecular complexity index is 620. The molecule has 110 valence electrons. The Hall–Kier alpha value is -1.60. The molecule has 1 aliphatic heterocycles. The van der Waals surface area contributed by atoms with Gasteiger partial charge < -0.3 is 0 Å². The minimum atomic E-state index is -4.37. The zero-order valence-corrected chi connectivity index (χ0v) is 12.3. The lowest BCUT2D eigenvalue weighted by Crippen LogP contribution is -2.27. The summed E-state index contributed by atoms with van der Waals surface area (Å²) in [7, 11) is 0. The Morgan fingerprint density at radius 3 is 2.43 bits per heavy atom. The number of thioether (sulfide) groups is 1. The Morgan fingerprint density at radius 1 is 1.29 bits per heavy atom. The summed E-state index contributed by atoms with van der Waals surface area (Å²) in [4.78, 5) is 13.8. The van der Waals surface area contributed by atoms with Gasteiger partial charge in [0.25, 0.3) is 5.91 Å². The lowest BCUT2D eigenvalue weighted by molar-refractivity contribution is -0.137. The first-order chi connectivity index (χ1) is 9.82. The van der Waals surface area contributed by atoms with E-state index in [2.05, 4.69) is 6.58 Å². The van der Waals surface area contributed by atoms with Crippen molar-refractivity contribution in [3.05, 3.63) is 53.0 Å². The van der Waals surface area contributed by atoms with Crippen LogP contribution < -0.4 is 0 Å². The maximum absolute atomic E-state index is 12.5. The van der Waals surface area contributed by atoms with Crippen molar-refractivity contribution in [3.63, 3.8) is 0 Å². The fourth-order valence-electron chi connectivity index (χ4n) is 1.71. The van der Waals surface area contributed by atoms with Crippen molar-refractivity contribution in [1.29, 1.82) is 0 Å². The summed E-state index contributed by atoms with van der Waals surface area (Å²) in [6.07, 6.45) is -1.28. The Labute approximate surface area is 129 Å². The van der Waals surface area contributed by atoms with Crippen LogP contribution in [0.25, 0.3) is 6.08 Å². The highest BCUT2D eigenvalue weighted by Gasteiger charge is 2.32. The van der Waals surface area contributed by atoms with Crippen molar-refractivity contribution in [3.8, 4) is 0 Å². The van der Waals surface area contributed by atoms with Crippen LogP contribution >= 0.6 is 24.0 Å². The molecule has 7 heteroatoms. The summed E-state index contributed by atoms with van der Waals surface area (Å²) in [5.41, 5.74) is -0.207. The second-order valence-electron chi connectivity index (χ2n) is 4.20. The van der Waals surface area contributed by atoms with E-state index in [9.17, 15) is 18.0 Å². The monoisotopic (exact) mass is 329 g/mol. The number of carbonyl (C=O) groups excluding carboxylic acids is 1. The zero-order valence-electron chi connectivity index (χ0n) is 10.7. The molecule has 0 saturated carbocycles. The predicted octanol–water partition coefficient (Wildman–Crippen LogP) is 4.09. The molecule has 1 aromatic rings. The first kappa shape index (κ1) is 15.8. The molecule has 1 heterocycles. The average Bonchev–Trinajstić information content (AvgIpc) is 2.66. The van der Waals surface area contributed by atoms with Crippen LogP contribution in [0.1, 0.15) is 11.1 Å². The molecule has 1 amide bonds. The maximum Gasteiger partial charge on any atom is 0.416 e. The topological polar surface area (TPSA) is 20.3 Å². The van der Waals surface area contributed by atoms with Crippen molar-refractivity contribution in [2.45, 2.75) is 6.18 Å². The van der Waals surface area contributed by atoms with Gasteiger partial charge in [-0.1, -0.05) is 42.2 Å². The second kappa shape index (κ2) is 6.03. The Kier molecular flexibility index (Phi) is 4.53. The van der Waals surface area contributed by atoms with Gasteiger partial charge in [-0.2, -0.15) is 13.2 Å². The van der Waals surface area contributed by atoms with Crippen LogP contribution in [0, 0.1) is 0 Å². The number of hydrogen-bond donors (Lipinski definition) is 0. The van der Waals surface area contributed by atoms with Crippen molar-refractivity contribution < 1.29 is 18.0 Å². The van der Waals surface area contributed by atoms with Gasteiger partial charge in [0.15, 0.2) is 0 Å². The minimum absolute atomic E-state index is 0.259. The highest BCUT2D eigenvalue weighted by Crippen LogP contribution is 2.33. The predicted molar refractivity (Wildman–Crippen MR) is 81.5 cm³/mol. The number of halogens is 3. The van der Waals surface area contributed by atoms with Crippen molar-refractivity contribution in [2.24, 2.45) is 0 Å². The zero-order chi connectivity index (χ0) is 15.6. The van der Waals surface area contributed by atoms with Gasteiger partial charge in [0.05, 0.1) is 10.5 Å². The molecule has 1 saturated heterocycles. The molecule has 0 bridgehead atoms. The van der Waals surface area contributed by atoms with Crippen LogP contribution in [0.2, 0.25) is 0 Å². The first-order valence-corrected chi connectivity index (χ1v) is 7.09. The lowest BCUT2D eigenvalue weighted by Gasteiger charge is -2.10. The van der Waals surface area contributed by atoms with Crippen LogP contribution in [0.4, 0.5) is 13.2 Å². The number of nitrogens with zero attached hydrogens (tertiary/aromatic N) is 1. The molecule has 0 atom stereocenters.